The molecule has 2 aromatic rings. The Balaban J connectivity index is 2.28. The van der Waals surface area contributed by atoms with E-state index in [0.29, 0.717) is 5.56 Å². The molecular formula is C12H12ClN5O3. The number of amides is 2. The zero-order valence-electron chi connectivity index (χ0n) is 11.3. The highest BCUT2D eigenvalue weighted by Gasteiger charge is 2.18. The topological polar surface area (TPSA) is 114 Å². The van der Waals surface area contributed by atoms with Crippen molar-refractivity contribution in [3.05, 3.63) is 34.5 Å². The molecule has 0 bridgehead atoms. The molecule has 21 heavy (non-hydrogen) atoms. The molecule has 0 aliphatic carbocycles. The third-order valence-electron chi connectivity index (χ3n) is 2.60. The number of carbonyl (C=O) groups is 2. The minimum absolute atomic E-state index is 0.135. The van der Waals surface area contributed by atoms with Crippen molar-refractivity contribution < 1.29 is 14.2 Å². The second kappa shape index (κ2) is 5.80. The predicted octanol–water partition coefficient (Wildman–Crippen LogP) is 1.26. The Bertz CT molecular complexity index is 698. The molecule has 0 aliphatic rings. The average Bonchev–Trinajstić information content (AvgIpc) is 2.86. The molecule has 3 N–H and O–H groups in total. The van der Waals surface area contributed by atoms with Gasteiger partial charge >= 0.3 is 0 Å². The van der Waals surface area contributed by atoms with Crippen LogP contribution in [0.25, 0.3) is 0 Å². The van der Waals surface area contributed by atoms with Gasteiger partial charge in [0.2, 0.25) is 11.5 Å². The van der Waals surface area contributed by atoms with Crippen LogP contribution < -0.4 is 11.1 Å². The van der Waals surface area contributed by atoms with E-state index in [1.165, 1.54) is 17.0 Å². The fourth-order valence-corrected chi connectivity index (χ4v) is 1.71. The lowest BCUT2D eigenvalue weighted by atomic mass is 10.1. The number of aromatic nitrogens is 2. The molecule has 0 radical (unpaired) electrons. The van der Waals surface area contributed by atoms with Crippen LogP contribution >= 0.6 is 11.6 Å². The fraction of sp³-hybridized carbons (Fsp3) is 0.167. The van der Waals surface area contributed by atoms with E-state index in [-0.39, 0.29) is 28.1 Å². The Kier molecular flexibility index (Phi) is 4.08. The number of nitrogens with zero attached hydrogens (tertiary/aromatic N) is 3. The van der Waals surface area contributed by atoms with Crippen molar-refractivity contribution in [1.82, 2.24) is 15.2 Å². The quantitative estimate of drug-likeness (QED) is 0.882. The Morgan fingerprint density at radius 3 is 2.62 bits per heavy atom. The van der Waals surface area contributed by atoms with Crippen molar-refractivity contribution in [3.63, 3.8) is 0 Å². The summed E-state index contributed by atoms with van der Waals surface area (Å²) in [7, 11) is 3.24. The van der Waals surface area contributed by atoms with Crippen LogP contribution in [-0.4, -0.2) is 41.1 Å². The van der Waals surface area contributed by atoms with Gasteiger partial charge in [0.25, 0.3) is 11.8 Å². The van der Waals surface area contributed by atoms with E-state index >= 15 is 0 Å². The third-order valence-corrected chi connectivity index (χ3v) is 2.93. The van der Waals surface area contributed by atoms with Gasteiger partial charge in [-0.2, -0.15) is 0 Å². The number of nitrogen functional groups attached to an aromatic ring is 1. The van der Waals surface area contributed by atoms with E-state index in [0.717, 1.165) is 0 Å². The lowest BCUT2D eigenvalue weighted by molar-refractivity contribution is 0.0827. The Morgan fingerprint density at radius 2 is 2.05 bits per heavy atom. The molecule has 0 unspecified atom stereocenters. The first-order chi connectivity index (χ1) is 9.90. The maximum atomic E-state index is 12.0. The zero-order chi connectivity index (χ0) is 15.6. The number of rotatable bonds is 3. The number of hydrogen-bond donors (Lipinski definition) is 2. The smallest absolute Gasteiger partial charge is 0.281 e. The first-order valence-corrected chi connectivity index (χ1v) is 6.18. The maximum Gasteiger partial charge on any atom is 0.281 e. The number of carbonyl (C=O) groups excluding carboxylic acids is 2. The van der Waals surface area contributed by atoms with E-state index in [2.05, 4.69) is 20.3 Å². The molecule has 8 nitrogen and oxygen atoms in total. The molecule has 0 saturated carbocycles. The van der Waals surface area contributed by atoms with Gasteiger partial charge in [-0.3, -0.25) is 9.59 Å². The highest BCUT2D eigenvalue weighted by Crippen LogP contribution is 2.24. The Labute approximate surface area is 124 Å². The average molecular weight is 310 g/mol. The van der Waals surface area contributed by atoms with E-state index in [1.807, 2.05) is 0 Å². The lowest BCUT2D eigenvalue weighted by Crippen LogP contribution is -2.22. The van der Waals surface area contributed by atoms with Crippen LogP contribution in [0, 0.1) is 0 Å². The van der Waals surface area contributed by atoms with Crippen molar-refractivity contribution >= 4 is 34.9 Å². The highest BCUT2D eigenvalue weighted by molar-refractivity contribution is 6.34. The van der Waals surface area contributed by atoms with E-state index < -0.39 is 5.91 Å². The summed E-state index contributed by atoms with van der Waals surface area (Å²) in [6.45, 7) is 0. The monoisotopic (exact) mass is 309 g/mol. The second-order valence-corrected chi connectivity index (χ2v) is 4.75. The van der Waals surface area contributed by atoms with Gasteiger partial charge in [0, 0.05) is 19.7 Å². The SMILES string of the molecule is CN(C)C(=O)c1ccc(Cl)c(NC(=O)c2nonc2N)c1. The normalized spacial score (nSPS) is 10.2. The molecule has 0 aliphatic heterocycles. The van der Waals surface area contributed by atoms with Crippen LogP contribution in [-0.2, 0) is 0 Å². The van der Waals surface area contributed by atoms with Crippen LogP contribution in [0.2, 0.25) is 5.02 Å². The summed E-state index contributed by atoms with van der Waals surface area (Å²) in [5, 5.41) is 9.47. The van der Waals surface area contributed by atoms with Gasteiger partial charge < -0.3 is 16.0 Å². The number of benzene rings is 1. The largest absolute Gasteiger partial charge is 0.379 e. The van der Waals surface area contributed by atoms with E-state index in [9.17, 15) is 9.59 Å². The molecule has 0 fully saturated rings. The summed E-state index contributed by atoms with van der Waals surface area (Å²) in [5.41, 5.74) is 5.91. The van der Waals surface area contributed by atoms with Crippen molar-refractivity contribution in [2.45, 2.75) is 0 Å². The third kappa shape index (κ3) is 3.11. The van der Waals surface area contributed by atoms with Crippen LogP contribution in [0.4, 0.5) is 11.5 Å². The minimum Gasteiger partial charge on any atom is -0.379 e. The molecular weight excluding hydrogens is 298 g/mol. The van der Waals surface area contributed by atoms with Crippen LogP contribution in [0.3, 0.4) is 0 Å². The molecule has 110 valence electrons. The molecule has 0 spiro atoms. The van der Waals surface area contributed by atoms with E-state index in [1.54, 1.807) is 20.2 Å². The van der Waals surface area contributed by atoms with Crippen LogP contribution in [0.1, 0.15) is 20.8 Å². The molecule has 0 atom stereocenters. The molecule has 2 rings (SSSR count). The van der Waals surface area contributed by atoms with Gasteiger partial charge in [-0.05, 0) is 28.5 Å². The minimum atomic E-state index is -0.634. The van der Waals surface area contributed by atoms with Crippen LogP contribution in [0.5, 0.6) is 0 Å². The number of hydrogen-bond acceptors (Lipinski definition) is 6. The Hall–Kier alpha value is -2.61. The van der Waals surface area contributed by atoms with Gasteiger partial charge in [0.1, 0.15) is 0 Å². The van der Waals surface area contributed by atoms with Gasteiger partial charge in [-0.25, -0.2) is 4.63 Å². The molecule has 1 heterocycles. The summed E-state index contributed by atoms with van der Waals surface area (Å²) < 4.78 is 4.35. The first kappa shape index (κ1) is 14.8. The standard InChI is InChI=1S/C12H12ClN5O3/c1-18(2)12(20)6-3-4-7(13)8(5-6)15-11(19)9-10(14)17-21-16-9/h3-5H,1-2H3,(H2,14,17)(H,15,19). The molecule has 9 heteroatoms. The van der Waals surface area contributed by atoms with Crippen molar-refractivity contribution in [1.29, 1.82) is 0 Å². The van der Waals surface area contributed by atoms with Crippen molar-refractivity contribution in [2.75, 3.05) is 25.1 Å². The first-order valence-electron chi connectivity index (χ1n) is 5.80. The summed E-state index contributed by atoms with van der Waals surface area (Å²) in [5.74, 6) is -0.987. The Morgan fingerprint density at radius 1 is 1.33 bits per heavy atom. The lowest BCUT2D eigenvalue weighted by Gasteiger charge is -2.12. The predicted molar refractivity (Wildman–Crippen MR) is 76.1 cm³/mol. The number of halogens is 1. The van der Waals surface area contributed by atoms with E-state index in [4.69, 9.17) is 17.3 Å². The van der Waals surface area contributed by atoms with Gasteiger partial charge in [0.05, 0.1) is 10.7 Å². The summed E-state index contributed by atoms with van der Waals surface area (Å²) in [6, 6.07) is 4.54. The molecule has 2 amide bonds. The number of nitrogens with one attached hydrogen (secondary N) is 1. The van der Waals surface area contributed by atoms with Crippen LogP contribution in [0.15, 0.2) is 22.8 Å². The second-order valence-electron chi connectivity index (χ2n) is 4.35. The van der Waals surface area contributed by atoms with Crippen molar-refractivity contribution in [3.8, 4) is 0 Å². The molecule has 1 aromatic heterocycles. The maximum absolute atomic E-state index is 12.0. The zero-order valence-corrected chi connectivity index (χ0v) is 12.0. The molecule has 1 aromatic carbocycles. The fourth-order valence-electron chi connectivity index (χ4n) is 1.55. The number of anilines is 2. The van der Waals surface area contributed by atoms with Gasteiger partial charge in [-0.15, -0.1) is 0 Å². The summed E-state index contributed by atoms with van der Waals surface area (Å²) in [4.78, 5) is 25.3. The van der Waals surface area contributed by atoms with Crippen molar-refractivity contribution in [2.24, 2.45) is 0 Å². The molecule has 0 saturated heterocycles. The highest BCUT2D eigenvalue weighted by atomic mass is 35.5. The van der Waals surface area contributed by atoms with Gasteiger partial charge in [0.15, 0.2) is 0 Å². The number of nitrogens with two attached hydrogens (primary N) is 1. The summed E-state index contributed by atoms with van der Waals surface area (Å²) >= 11 is 6.00. The summed E-state index contributed by atoms with van der Waals surface area (Å²) in [6.07, 6.45) is 0. The van der Waals surface area contributed by atoms with Gasteiger partial charge in [-0.1, -0.05) is 11.6 Å².